The van der Waals surface area contributed by atoms with Crippen LogP contribution in [0, 0.1) is 6.92 Å². The Morgan fingerprint density at radius 2 is 1.68 bits per heavy atom. The fourth-order valence-electron chi connectivity index (χ4n) is 3.58. The van der Waals surface area contributed by atoms with E-state index in [-0.39, 0.29) is 11.9 Å². The van der Waals surface area contributed by atoms with Gasteiger partial charge >= 0.3 is 0 Å². The summed E-state index contributed by atoms with van der Waals surface area (Å²) in [6.45, 7) is 9.36. The molecular formula is C19H33N3O3+2. The number of benzene rings is 1. The Hall–Kier alpha value is -1.79. The minimum Gasteiger partial charge on any atom is -0.493 e. The quantitative estimate of drug-likeness (QED) is 0.675. The number of ether oxygens (including phenoxy) is 2. The van der Waals surface area contributed by atoms with Gasteiger partial charge in [0.15, 0.2) is 17.5 Å². The van der Waals surface area contributed by atoms with Gasteiger partial charge in [0, 0.05) is 19.7 Å². The van der Waals surface area contributed by atoms with E-state index >= 15 is 0 Å². The summed E-state index contributed by atoms with van der Waals surface area (Å²) in [6.07, 6.45) is 0. The Kier molecular flexibility index (Phi) is 6.67. The summed E-state index contributed by atoms with van der Waals surface area (Å²) in [6, 6.07) is 4.19. The van der Waals surface area contributed by atoms with Crippen molar-refractivity contribution in [3.63, 3.8) is 0 Å². The van der Waals surface area contributed by atoms with E-state index in [2.05, 4.69) is 13.0 Å². The van der Waals surface area contributed by atoms with Gasteiger partial charge < -0.3 is 24.2 Å². The molecule has 2 rings (SSSR count). The van der Waals surface area contributed by atoms with E-state index in [1.807, 2.05) is 27.1 Å². The molecule has 1 fully saturated rings. The number of hydrogen-bond acceptors (Lipinski definition) is 3. The third-order valence-corrected chi connectivity index (χ3v) is 5.31. The number of likely N-dealkylation sites (N-methyl/N-ethyl adjacent to an activating group) is 1. The van der Waals surface area contributed by atoms with Crippen LogP contribution in [0.4, 0.5) is 0 Å². The van der Waals surface area contributed by atoms with E-state index < -0.39 is 0 Å². The minimum atomic E-state index is 0.0411. The molecule has 1 saturated heterocycles. The summed E-state index contributed by atoms with van der Waals surface area (Å²) in [4.78, 5) is 16.8. The molecule has 1 aliphatic rings. The summed E-state index contributed by atoms with van der Waals surface area (Å²) in [5.41, 5.74) is 2.53. The molecule has 6 nitrogen and oxygen atoms in total. The van der Waals surface area contributed by atoms with Crippen molar-refractivity contribution in [3.8, 4) is 11.5 Å². The van der Waals surface area contributed by atoms with Crippen LogP contribution in [0.25, 0.3) is 0 Å². The number of nitrogens with zero attached hydrogens (tertiary/aromatic N) is 1. The van der Waals surface area contributed by atoms with Gasteiger partial charge in [-0.15, -0.1) is 0 Å². The van der Waals surface area contributed by atoms with E-state index in [4.69, 9.17) is 9.47 Å². The lowest BCUT2D eigenvalue weighted by Crippen LogP contribution is -3.29. The number of hydrogen-bond donors (Lipinski definition) is 2. The SMILES string of the molecule is COc1cc(C)c(C[NH+]2CC[NH+]([C@H](C)C(=O)N(C)C)CC2)cc1OC. The highest BCUT2D eigenvalue weighted by atomic mass is 16.5. The van der Waals surface area contributed by atoms with E-state index in [1.54, 1.807) is 24.0 Å². The predicted octanol–water partition coefficient (Wildman–Crippen LogP) is -1.23. The fraction of sp³-hybridized carbons (Fsp3) is 0.632. The number of amides is 1. The maximum Gasteiger partial charge on any atom is 0.280 e. The number of methoxy groups -OCH3 is 2. The van der Waals surface area contributed by atoms with Crippen molar-refractivity contribution >= 4 is 5.91 Å². The molecule has 0 spiro atoms. The molecule has 2 N–H and O–H groups in total. The van der Waals surface area contributed by atoms with Gasteiger partial charge in [0.2, 0.25) is 0 Å². The molecule has 1 aromatic rings. The number of rotatable bonds is 6. The molecule has 1 aromatic carbocycles. The number of carbonyl (C=O) groups is 1. The first-order valence-electron chi connectivity index (χ1n) is 8.98. The summed E-state index contributed by atoms with van der Waals surface area (Å²) < 4.78 is 10.8. The molecule has 1 amide bonds. The van der Waals surface area contributed by atoms with Gasteiger partial charge in [-0.05, 0) is 31.5 Å². The maximum atomic E-state index is 12.2. The molecule has 0 saturated carbocycles. The lowest BCUT2D eigenvalue weighted by atomic mass is 10.1. The molecule has 1 aliphatic heterocycles. The normalized spacial score (nSPS) is 21.5. The van der Waals surface area contributed by atoms with Gasteiger partial charge in [0.25, 0.3) is 5.91 Å². The second-order valence-corrected chi connectivity index (χ2v) is 7.17. The van der Waals surface area contributed by atoms with E-state index in [1.165, 1.54) is 16.0 Å². The molecule has 1 heterocycles. The van der Waals surface area contributed by atoms with Crippen molar-refractivity contribution in [3.05, 3.63) is 23.3 Å². The second kappa shape index (κ2) is 8.54. The predicted molar refractivity (Wildman–Crippen MR) is 97.5 cm³/mol. The standard InChI is InChI=1S/C19H31N3O3/c1-14-11-17(24-5)18(25-6)12-16(14)13-21-7-9-22(10-8-21)15(2)19(23)20(3)4/h11-12,15H,7-10,13H2,1-6H3/p+2/t15-/m1/s1. The largest absolute Gasteiger partial charge is 0.493 e. The van der Waals surface area contributed by atoms with Crippen molar-refractivity contribution in [2.45, 2.75) is 26.4 Å². The fourth-order valence-corrected chi connectivity index (χ4v) is 3.58. The Labute approximate surface area is 151 Å². The van der Waals surface area contributed by atoms with Crippen LogP contribution >= 0.6 is 0 Å². The summed E-state index contributed by atoms with van der Waals surface area (Å²) in [7, 11) is 7.01. The molecule has 0 aliphatic carbocycles. The second-order valence-electron chi connectivity index (χ2n) is 7.17. The zero-order valence-electron chi connectivity index (χ0n) is 16.4. The van der Waals surface area contributed by atoms with Gasteiger partial charge in [-0.2, -0.15) is 0 Å². The zero-order chi connectivity index (χ0) is 18.6. The molecule has 1 atom stereocenters. The molecule has 0 bridgehead atoms. The Morgan fingerprint density at radius 3 is 2.20 bits per heavy atom. The van der Waals surface area contributed by atoms with Crippen molar-refractivity contribution in [1.82, 2.24) is 4.90 Å². The first-order chi connectivity index (χ1) is 11.9. The maximum absolute atomic E-state index is 12.2. The van der Waals surface area contributed by atoms with Crippen LogP contribution in [0.3, 0.4) is 0 Å². The van der Waals surface area contributed by atoms with Crippen LogP contribution in [0.5, 0.6) is 11.5 Å². The summed E-state index contributed by atoms with van der Waals surface area (Å²) >= 11 is 0. The monoisotopic (exact) mass is 351 g/mol. The Bertz CT molecular complexity index is 596. The lowest BCUT2D eigenvalue weighted by molar-refractivity contribution is -1.02. The smallest absolute Gasteiger partial charge is 0.280 e. The van der Waals surface area contributed by atoms with Crippen LogP contribution < -0.4 is 19.3 Å². The van der Waals surface area contributed by atoms with Gasteiger partial charge in [-0.25, -0.2) is 0 Å². The third-order valence-electron chi connectivity index (χ3n) is 5.31. The number of piperazine rings is 1. The first kappa shape index (κ1) is 19.5. The van der Waals surface area contributed by atoms with Crippen molar-refractivity contribution in [1.29, 1.82) is 0 Å². The zero-order valence-corrected chi connectivity index (χ0v) is 16.4. The number of nitrogens with one attached hydrogen (secondary N) is 2. The average Bonchev–Trinajstić information content (AvgIpc) is 2.62. The van der Waals surface area contributed by atoms with Crippen molar-refractivity contribution in [2.24, 2.45) is 0 Å². The molecule has 0 aromatic heterocycles. The highest BCUT2D eigenvalue weighted by Gasteiger charge is 2.32. The third kappa shape index (κ3) is 4.64. The van der Waals surface area contributed by atoms with Gasteiger partial charge in [0.05, 0.1) is 14.2 Å². The minimum absolute atomic E-state index is 0.0411. The van der Waals surface area contributed by atoms with Crippen LogP contribution in [0.1, 0.15) is 18.1 Å². The molecule has 0 unspecified atom stereocenters. The molecule has 25 heavy (non-hydrogen) atoms. The number of quaternary nitrogens is 2. The van der Waals surface area contributed by atoms with Gasteiger partial charge in [0.1, 0.15) is 32.7 Å². The molecule has 6 heteroatoms. The number of carbonyl (C=O) groups excluding carboxylic acids is 1. The van der Waals surface area contributed by atoms with Crippen molar-refractivity contribution in [2.75, 3.05) is 54.5 Å². The number of aryl methyl sites for hydroxylation is 1. The van der Waals surface area contributed by atoms with Gasteiger partial charge in [-0.1, -0.05) is 0 Å². The molecule has 140 valence electrons. The summed E-state index contributed by atoms with van der Waals surface area (Å²) in [5, 5.41) is 0. The molecule has 0 radical (unpaired) electrons. The van der Waals surface area contributed by atoms with Gasteiger partial charge in [-0.3, -0.25) is 4.79 Å². The van der Waals surface area contributed by atoms with Crippen LogP contribution in [0.15, 0.2) is 12.1 Å². The molecular weight excluding hydrogens is 318 g/mol. The van der Waals surface area contributed by atoms with E-state index in [0.29, 0.717) is 0 Å². The summed E-state index contributed by atoms with van der Waals surface area (Å²) in [5.74, 6) is 1.79. The average molecular weight is 351 g/mol. The topological polar surface area (TPSA) is 47.7 Å². The highest BCUT2D eigenvalue weighted by molar-refractivity contribution is 5.79. The van der Waals surface area contributed by atoms with Crippen LogP contribution in [-0.2, 0) is 11.3 Å². The Balaban J connectivity index is 1.97. The highest BCUT2D eigenvalue weighted by Crippen LogP contribution is 2.29. The van der Waals surface area contributed by atoms with Crippen LogP contribution in [-0.4, -0.2) is 71.3 Å². The van der Waals surface area contributed by atoms with E-state index in [9.17, 15) is 4.79 Å². The Morgan fingerprint density at radius 1 is 1.12 bits per heavy atom. The first-order valence-corrected chi connectivity index (χ1v) is 8.98. The van der Waals surface area contributed by atoms with E-state index in [0.717, 1.165) is 44.2 Å². The van der Waals surface area contributed by atoms with Crippen LogP contribution in [0.2, 0.25) is 0 Å². The van der Waals surface area contributed by atoms with Crippen molar-refractivity contribution < 1.29 is 24.1 Å². The lowest BCUT2D eigenvalue weighted by Gasteiger charge is -2.33.